The van der Waals surface area contributed by atoms with Crippen LogP contribution in [-0.4, -0.2) is 47.2 Å². The average Bonchev–Trinajstić information content (AvgIpc) is 2.46. The molecule has 7 heteroatoms. The molecule has 1 aromatic rings. The second-order valence-corrected chi connectivity index (χ2v) is 6.08. The van der Waals surface area contributed by atoms with Crippen molar-refractivity contribution in [2.24, 2.45) is 0 Å². The summed E-state index contributed by atoms with van der Waals surface area (Å²) in [5.74, 6) is 0.443. The smallest absolute Gasteiger partial charge is 0.498 e. The maximum absolute atomic E-state index is 5.98. The Morgan fingerprint density at radius 1 is 1.00 bits per heavy atom. The first kappa shape index (κ1) is 15.6. The van der Waals surface area contributed by atoms with Gasteiger partial charge in [0.15, 0.2) is 0 Å². The van der Waals surface area contributed by atoms with Gasteiger partial charge in [0.2, 0.25) is 0 Å². The third-order valence-corrected chi connectivity index (χ3v) is 3.71. The molecule has 2 rings (SSSR count). The third-order valence-electron chi connectivity index (χ3n) is 3.71. The monoisotopic (exact) mass is 264 g/mol. The SMILES string of the molecule is [B]C([B])([B])Oc1ccccc1B1OC(C)(C)C(C)(C)O1. The molecule has 1 fully saturated rings. The Labute approximate surface area is 125 Å². The van der Waals surface area contributed by atoms with Gasteiger partial charge >= 0.3 is 7.12 Å². The summed E-state index contributed by atoms with van der Waals surface area (Å²) in [5, 5.41) is -1.75. The normalized spacial score (nSPS) is 20.9. The van der Waals surface area contributed by atoms with Crippen molar-refractivity contribution in [3.05, 3.63) is 24.3 Å². The summed E-state index contributed by atoms with van der Waals surface area (Å²) in [7, 11) is 15.9. The number of hydrogen-bond acceptors (Lipinski definition) is 3. The summed E-state index contributed by atoms with van der Waals surface area (Å²) in [6, 6.07) is 7.22. The Hall–Kier alpha value is -0.800. The molecule has 0 N–H and O–H groups in total. The molecule has 0 amide bonds. The highest BCUT2D eigenvalue weighted by Crippen LogP contribution is 2.37. The largest absolute Gasteiger partial charge is 0.516 e. The molecule has 6 radical (unpaired) electrons. The van der Waals surface area contributed by atoms with Gasteiger partial charge in [-0.25, -0.2) is 0 Å². The van der Waals surface area contributed by atoms with Crippen molar-refractivity contribution in [1.82, 2.24) is 0 Å². The van der Waals surface area contributed by atoms with Crippen molar-refractivity contribution in [2.45, 2.75) is 44.2 Å². The molecule has 1 saturated heterocycles. The molecule has 98 valence electrons. The highest BCUT2D eigenvalue weighted by atomic mass is 16.7. The molecule has 1 aliphatic heterocycles. The lowest BCUT2D eigenvalue weighted by atomic mass is 9.52. The van der Waals surface area contributed by atoms with Gasteiger partial charge in [-0.15, -0.1) is 0 Å². The summed E-state index contributed by atoms with van der Waals surface area (Å²) >= 11 is 0. The van der Waals surface area contributed by atoms with Crippen molar-refractivity contribution >= 4 is 36.1 Å². The minimum atomic E-state index is -1.75. The van der Waals surface area contributed by atoms with Crippen LogP contribution in [0.15, 0.2) is 24.3 Å². The lowest BCUT2D eigenvalue weighted by Crippen LogP contribution is -2.42. The van der Waals surface area contributed by atoms with Crippen molar-refractivity contribution in [1.29, 1.82) is 0 Å². The van der Waals surface area contributed by atoms with Crippen LogP contribution in [0.2, 0.25) is 0 Å². The van der Waals surface area contributed by atoms with E-state index in [2.05, 4.69) is 0 Å². The van der Waals surface area contributed by atoms with E-state index in [0.29, 0.717) is 11.2 Å². The van der Waals surface area contributed by atoms with Crippen molar-refractivity contribution in [3.8, 4) is 5.75 Å². The predicted octanol–water partition coefficient (Wildman–Crippen LogP) is 0.481. The number of benzene rings is 1. The second kappa shape index (κ2) is 4.88. The van der Waals surface area contributed by atoms with Crippen LogP contribution in [0.5, 0.6) is 5.75 Å². The standard InChI is InChI=1S/C13H16B4O3/c1-11(2)12(3,4)20-17(19-11)9-7-5-6-8-10(9)18-13(14,15)16/h5-8H,1-4H3. The Bertz CT molecular complexity index is 481. The third kappa shape index (κ3) is 3.09. The van der Waals surface area contributed by atoms with E-state index in [1.165, 1.54) is 0 Å². The van der Waals surface area contributed by atoms with Crippen molar-refractivity contribution in [3.63, 3.8) is 0 Å². The molecule has 1 aliphatic rings. The summed E-state index contributed by atoms with van der Waals surface area (Å²) in [6.45, 7) is 7.93. The van der Waals surface area contributed by atoms with Crippen molar-refractivity contribution in [2.75, 3.05) is 0 Å². The van der Waals surface area contributed by atoms with Crippen LogP contribution in [-0.2, 0) is 9.31 Å². The van der Waals surface area contributed by atoms with E-state index >= 15 is 0 Å². The average molecular weight is 264 g/mol. The van der Waals surface area contributed by atoms with Crippen LogP contribution in [0.4, 0.5) is 0 Å². The van der Waals surface area contributed by atoms with Gasteiger partial charge in [0.25, 0.3) is 0 Å². The van der Waals surface area contributed by atoms with Crippen LogP contribution in [0.25, 0.3) is 0 Å². The zero-order chi connectivity index (χ0) is 15.2. The molecular formula is C13H16B4O3. The maximum Gasteiger partial charge on any atom is 0.498 e. The lowest BCUT2D eigenvalue weighted by Gasteiger charge is -2.32. The minimum absolute atomic E-state index is 0.435. The van der Waals surface area contributed by atoms with E-state index in [1.807, 2.05) is 39.8 Å². The van der Waals surface area contributed by atoms with E-state index in [-0.39, 0.29) is 0 Å². The molecular weight excluding hydrogens is 247 g/mol. The van der Waals surface area contributed by atoms with Crippen LogP contribution in [0, 0.1) is 0 Å². The van der Waals surface area contributed by atoms with Crippen LogP contribution in [0.1, 0.15) is 27.7 Å². The molecule has 1 aromatic carbocycles. The highest BCUT2D eigenvalue weighted by Gasteiger charge is 2.52. The summed E-state index contributed by atoms with van der Waals surface area (Å²) in [6.07, 6.45) is 0. The highest BCUT2D eigenvalue weighted by molar-refractivity contribution is 6.63. The minimum Gasteiger partial charge on any atom is -0.516 e. The van der Waals surface area contributed by atoms with E-state index in [1.54, 1.807) is 12.1 Å². The second-order valence-electron chi connectivity index (χ2n) is 6.08. The molecule has 0 aromatic heterocycles. The number of rotatable bonds is 3. The first-order chi connectivity index (χ1) is 9.02. The Morgan fingerprint density at radius 2 is 1.50 bits per heavy atom. The maximum atomic E-state index is 5.98. The fraction of sp³-hybridized carbons (Fsp3) is 0.538. The first-order valence-electron chi connectivity index (χ1n) is 6.52. The first-order valence-corrected chi connectivity index (χ1v) is 6.52. The zero-order valence-corrected chi connectivity index (χ0v) is 12.3. The van der Waals surface area contributed by atoms with Crippen LogP contribution >= 0.6 is 0 Å². The Morgan fingerprint density at radius 3 is 2.00 bits per heavy atom. The van der Waals surface area contributed by atoms with E-state index in [9.17, 15) is 0 Å². The van der Waals surface area contributed by atoms with Gasteiger partial charge in [-0.2, -0.15) is 0 Å². The Kier molecular flexibility index (Phi) is 3.81. The van der Waals surface area contributed by atoms with Crippen molar-refractivity contribution < 1.29 is 14.0 Å². The van der Waals surface area contributed by atoms with Gasteiger partial charge in [-0.3, -0.25) is 0 Å². The molecule has 0 spiro atoms. The van der Waals surface area contributed by atoms with Crippen LogP contribution in [0.3, 0.4) is 0 Å². The van der Waals surface area contributed by atoms with Gasteiger partial charge in [0, 0.05) is 5.46 Å². The molecule has 0 bridgehead atoms. The molecule has 0 saturated carbocycles. The lowest BCUT2D eigenvalue weighted by molar-refractivity contribution is 0.00578. The molecule has 1 heterocycles. The summed E-state index contributed by atoms with van der Waals surface area (Å²) in [4.78, 5) is 0. The van der Waals surface area contributed by atoms with E-state index in [0.717, 1.165) is 0 Å². The number of hydrogen-bond donors (Lipinski definition) is 0. The number of ether oxygens (including phenoxy) is 1. The molecule has 3 nitrogen and oxygen atoms in total. The Balaban J connectivity index is 2.31. The predicted molar refractivity (Wildman–Crippen MR) is 82.8 cm³/mol. The summed E-state index contributed by atoms with van der Waals surface area (Å²) in [5.41, 5.74) is -0.164. The van der Waals surface area contributed by atoms with Crippen LogP contribution < -0.4 is 10.2 Å². The van der Waals surface area contributed by atoms with Gasteiger partial charge < -0.3 is 14.0 Å². The number of para-hydroxylation sites is 1. The molecule has 0 atom stereocenters. The molecule has 0 unspecified atom stereocenters. The fourth-order valence-electron chi connectivity index (χ4n) is 1.93. The molecule has 0 aliphatic carbocycles. The van der Waals surface area contributed by atoms with E-state index in [4.69, 9.17) is 37.6 Å². The van der Waals surface area contributed by atoms with E-state index < -0.39 is 23.6 Å². The zero-order valence-electron chi connectivity index (χ0n) is 12.3. The van der Waals surface area contributed by atoms with Gasteiger partial charge in [-0.1, -0.05) is 18.2 Å². The van der Waals surface area contributed by atoms with Gasteiger partial charge in [0.1, 0.15) is 29.3 Å². The van der Waals surface area contributed by atoms with Gasteiger partial charge in [0.05, 0.1) is 11.2 Å². The topological polar surface area (TPSA) is 27.7 Å². The summed E-state index contributed by atoms with van der Waals surface area (Å²) < 4.78 is 17.3. The molecule has 20 heavy (non-hydrogen) atoms. The van der Waals surface area contributed by atoms with Gasteiger partial charge in [-0.05, 0) is 39.1 Å². The quantitative estimate of drug-likeness (QED) is 0.743. The fourth-order valence-corrected chi connectivity index (χ4v) is 1.93.